The van der Waals surface area contributed by atoms with Crippen molar-refractivity contribution in [3.05, 3.63) is 0 Å². The van der Waals surface area contributed by atoms with Gasteiger partial charge in [-0.05, 0) is 24.8 Å². The third kappa shape index (κ3) is 3.04. The predicted octanol–water partition coefficient (Wildman–Crippen LogP) is 2.70. The lowest BCUT2D eigenvalue weighted by Crippen LogP contribution is -2.31. The van der Waals surface area contributed by atoms with Gasteiger partial charge in [0.05, 0.1) is 0 Å². The van der Waals surface area contributed by atoms with E-state index in [9.17, 15) is 0 Å². The Morgan fingerprint density at radius 2 is 1.62 bits per heavy atom. The fourth-order valence-electron chi connectivity index (χ4n) is 2.32. The molecule has 13 heavy (non-hydrogen) atoms. The maximum absolute atomic E-state index is 5.85. The second-order valence-electron chi connectivity index (χ2n) is 4.35. The molecular weight excluding hydrogens is 158 g/mol. The Balaban J connectivity index is 2.53. The molecule has 0 radical (unpaired) electrons. The molecule has 1 heteroatoms. The summed E-state index contributed by atoms with van der Waals surface area (Å²) in [4.78, 5) is 0. The van der Waals surface area contributed by atoms with Crippen LogP contribution < -0.4 is 5.73 Å². The number of nitrogens with two attached hydrogens (primary N) is 1. The molecule has 0 amide bonds. The molecule has 1 rings (SSSR count). The molecule has 1 fully saturated rings. The highest BCUT2D eigenvalue weighted by molar-refractivity contribution is 4.95. The summed E-state index contributed by atoms with van der Waals surface area (Å²) in [5.74, 6) is 2.80. The van der Waals surface area contributed by atoms with Gasteiger partial charge in [0.25, 0.3) is 0 Å². The molecule has 1 saturated carbocycles. The van der Waals surface area contributed by atoms with Crippen LogP contribution in [0.15, 0.2) is 0 Å². The first kappa shape index (κ1) is 10.6. The van der Waals surface area contributed by atoms with Crippen molar-refractivity contribution in [2.45, 2.75) is 51.4 Å². The minimum atomic E-state index is 0.287. The van der Waals surface area contributed by atoms with E-state index >= 15 is 0 Å². The van der Waals surface area contributed by atoms with Gasteiger partial charge < -0.3 is 5.73 Å². The quantitative estimate of drug-likeness (QED) is 0.648. The van der Waals surface area contributed by atoms with Crippen molar-refractivity contribution in [1.82, 2.24) is 0 Å². The normalized spacial score (nSPS) is 22.8. The summed E-state index contributed by atoms with van der Waals surface area (Å²) in [7, 11) is 0. The fraction of sp³-hybridized carbons (Fsp3) is 0.833. The van der Waals surface area contributed by atoms with Crippen molar-refractivity contribution < 1.29 is 0 Å². The largest absolute Gasteiger partial charge is 0.330 e. The molecule has 1 aliphatic carbocycles. The van der Waals surface area contributed by atoms with Gasteiger partial charge in [0.15, 0.2) is 0 Å². The highest BCUT2D eigenvalue weighted by Gasteiger charge is 2.27. The molecule has 0 spiro atoms. The summed E-state index contributed by atoms with van der Waals surface area (Å²) >= 11 is 0. The lowest BCUT2D eigenvalue weighted by atomic mass is 9.74. The lowest BCUT2D eigenvalue weighted by molar-refractivity contribution is 0.225. The Hall–Kier alpha value is -0.480. The summed E-state index contributed by atoms with van der Waals surface area (Å²) in [6.07, 6.45) is 15.5. The standard InChI is InChI=1S/C12H21N/c1-2-8-12(11-13)9-6-4-3-5-7-10-12/h1H,3-11,13H2. The Kier molecular flexibility index (Phi) is 4.32. The third-order valence-electron chi connectivity index (χ3n) is 3.32. The molecule has 0 unspecified atom stereocenters. The minimum Gasteiger partial charge on any atom is -0.330 e. The zero-order valence-corrected chi connectivity index (χ0v) is 8.52. The zero-order valence-electron chi connectivity index (χ0n) is 8.52. The lowest BCUT2D eigenvalue weighted by Gasteiger charge is -2.32. The molecule has 1 nitrogen and oxygen atoms in total. The maximum Gasteiger partial charge on any atom is 0.0155 e. The van der Waals surface area contributed by atoms with Gasteiger partial charge in [-0.1, -0.05) is 32.1 Å². The van der Waals surface area contributed by atoms with Crippen molar-refractivity contribution in [2.24, 2.45) is 11.1 Å². The van der Waals surface area contributed by atoms with Crippen molar-refractivity contribution in [2.75, 3.05) is 6.54 Å². The monoisotopic (exact) mass is 179 g/mol. The second kappa shape index (κ2) is 5.29. The Morgan fingerprint density at radius 1 is 1.08 bits per heavy atom. The molecule has 74 valence electrons. The van der Waals surface area contributed by atoms with Gasteiger partial charge >= 0.3 is 0 Å². The predicted molar refractivity (Wildman–Crippen MR) is 57.3 cm³/mol. The molecule has 0 aliphatic heterocycles. The summed E-state index contributed by atoms with van der Waals surface area (Å²) in [5.41, 5.74) is 6.14. The van der Waals surface area contributed by atoms with Gasteiger partial charge in [-0.2, -0.15) is 0 Å². The Morgan fingerprint density at radius 3 is 2.08 bits per heavy atom. The highest BCUT2D eigenvalue weighted by atomic mass is 14.6. The summed E-state index contributed by atoms with van der Waals surface area (Å²) < 4.78 is 0. The van der Waals surface area contributed by atoms with E-state index in [0.29, 0.717) is 0 Å². The van der Waals surface area contributed by atoms with E-state index in [0.717, 1.165) is 13.0 Å². The van der Waals surface area contributed by atoms with Crippen LogP contribution in [0.5, 0.6) is 0 Å². The van der Waals surface area contributed by atoms with E-state index in [1.54, 1.807) is 0 Å². The van der Waals surface area contributed by atoms with Gasteiger partial charge in [-0.3, -0.25) is 0 Å². The van der Waals surface area contributed by atoms with Crippen molar-refractivity contribution >= 4 is 0 Å². The number of hydrogen-bond acceptors (Lipinski definition) is 1. The summed E-state index contributed by atoms with van der Waals surface area (Å²) in [6.45, 7) is 0.775. The average molecular weight is 179 g/mol. The first-order valence-electron chi connectivity index (χ1n) is 5.46. The van der Waals surface area contributed by atoms with Gasteiger partial charge in [-0.25, -0.2) is 0 Å². The first-order chi connectivity index (χ1) is 6.33. The molecule has 0 aromatic carbocycles. The molecule has 0 bridgehead atoms. The molecule has 1 aliphatic rings. The van der Waals surface area contributed by atoms with E-state index in [2.05, 4.69) is 5.92 Å². The number of rotatable bonds is 2. The van der Waals surface area contributed by atoms with Crippen LogP contribution in [0.1, 0.15) is 51.4 Å². The molecular formula is C12H21N. The highest BCUT2D eigenvalue weighted by Crippen LogP contribution is 2.35. The Bertz CT molecular complexity index is 170. The van der Waals surface area contributed by atoms with E-state index in [4.69, 9.17) is 12.2 Å². The molecule has 0 saturated heterocycles. The van der Waals surface area contributed by atoms with Gasteiger partial charge in [0.1, 0.15) is 0 Å². The summed E-state index contributed by atoms with van der Waals surface area (Å²) in [5, 5.41) is 0. The fourth-order valence-corrected chi connectivity index (χ4v) is 2.32. The van der Waals surface area contributed by atoms with Crippen LogP contribution in [0.2, 0.25) is 0 Å². The SMILES string of the molecule is C#CCC1(CN)CCCCCCC1. The van der Waals surface area contributed by atoms with Crippen LogP contribution in [0.25, 0.3) is 0 Å². The number of hydrogen-bond donors (Lipinski definition) is 1. The van der Waals surface area contributed by atoms with Gasteiger partial charge in [0, 0.05) is 6.42 Å². The molecule has 0 heterocycles. The molecule has 0 aromatic rings. The second-order valence-corrected chi connectivity index (χ2v) is 4.35. The average Bonchev–Trinajstić information content (AvgIpc) is 2.10. The van der Waals surface area contributed by atoms with E-state index in [1.807, 2.05) is 0 Å². The van der Waals surface area contributed by atoms with Crippen molar-refractivity contribution in [3.63, 3.8) is 0 Å². The van der Waals surface area contributed by atoms with Crippen LogP contribution >= 0.6 is 0 Å². The molecule has 0 atom stereocenters. The van der Waals surface area contributed by atoms with Crippen molar-refractivity contribution in [3.8, 4) is 12.3 Å². The Labute approximate surface area is 82.1 Å². The van der Waals surface area contributed by atoms with Crippen LogP contribution in [-0.4, -0.2) is 6.54 Å². The maximum atomic E-state index is 5.85. The van der Waals surface area contributed by atoms with Crippen LogP contribution in [0, 0.1) is 17.8 Å². The van der Waals surface area contributed by atoms with E-state index in [-0.39, 0.29) is 5.41 Å². The topological polar surface area (TPSA) is 26.0 Å². The first-order valence-corrected chi connectivity index (χ1v) is 5.46. The molecule has 2 N–H and O–H groups in total. The third-order valence-corrected chi connectivity index (χ3v) is 3.32. The van der Waals surface area contributed by atoms with Crippen LogP contribution in [0.4, 0.5) is 0 Å². The van der Waals surface area contributed by atoms with E-state index < -0.39 is 0 Å². The molecule has 0 aromatic heterocycles. The van der Waals surface area contributed by atoms with Crippen LogP contribution in [0.3, 0.4) is 0 Å². The summed E-state index contributed by atoms with van der Waals surface area (Å²) in [6, 6.07) is 0. The van der Waals surface area contributed by atoms with Gasteiger partial charge in [0.2, 0.25) is 0 Å². The zero-order chi connectivity index (χ0) is 9.57. The minimum absolute atomic E-state index is 0.287. The van der Waals surface area contributed by atoms with Crippen LogP contribution in [-0.2, 0) is 0 Å². The number of terminal acetylenes is 1. The van der Waals surface area contributed by atoms with Gasteiger partial charge in [-0.15, -0.1) is 12.3 Å². The van der Waals surface area contributed by atoms with Crippen molar-refractivity contribution in [1.29, 1.82) is 0 Å². The van der Waals surface area contributed by atoms with E-state index in [1.165, 1.54) is 44.9 Å². The smallest absolute Gasteiger partial charge is 0.0155 e.